The molecule has 0 radical (unpaired) electrons. The van der Waals surface area contributed by atoms with Gasteiger partial charge in [-0.15, -0.1) is 0 Å². The Morgan fingerprint density at radius 2 is 1.40 bits per heavy atom. The lowest BCUT2D eigenvalue weighted by Gasteiger charge is -2.48. The fourth-order valence-electron chi connectivity index (χ4n) is 8.52. The first-order chi connectivity index (χ1) is 36.4. The predicted molar refractivity (Wildman–Crippen MR) is 258 cm³/mol. The summed E-state index contributed by atoms with van der Waals surface area (Å²) in [6, 6.07) is 5.36. The summed E-state index contributed by atoms with van der Waals surface area (Å²) < 4.78 is 155. The Morgan fingerprint density at radius 1 is 0.833 bits per heavy atom. The van der Waals surface area contributed by atoms with Crippen molar-refractivity contribution in [1.29, 1.82) is 0 Å². The number of carbonyl (C=O) groups excluding carboxylic acids is 3. The average molecular weight is 1120 g/mol. The number of aromatic nitrogens is 3. The third-order valence-electron chi connectivity index (χ3n) is 13.7. The third-order valence-corrected chi connectivity index (χ3v) is 13.7. The number of benzene rings is 2. The molecule has 0 spiro atoms. The van der Waals surface area contributed by atoms with Crippen molar-refractivity contribution < 1.29 is 82.8 Å². The van der Waals surface area contributed by atoms with Crippen molar-refractivity contribution in [2.75, 3.05) is 51.9 Å². The second-order valence-corrected chi connectivity index (χ2v) is 19.8. The van der Waals surface area contributed by atoms with E-state index in [1.807, 2.05) is 16.8 Å². The molecule has 2 bridgehead atoms. The van der Waals surface area contributed by atoms with Gasteiger partial charge in [0.15, 0.2) is 0 Å². The van der Waals surface area contributed by atoms with Crippen LogP contribution in [0.5, 0.6) is 0 Å². The summed E-state index contributed by atoms with van der Waals surface area (Å²) >= 11 is 0. The van der Waals surface area contributed by atoms with Crippen LogP contribution in [0.4, 0.5) is 59.3 Å². The van der Waals surface area contributed by atoms with Crippen LogP contribution in [0, 0.1) is 34.3 Å². The fraction of sp³-hybridized carbons (Fsp3) is 0.480. The van der Waals surface area contributed by atoms with Gasteiger partial charge in [-0.1, -0.05) is 24.0 Å². The zero-order valence-electron chi connectivity index (χ0n) is 42.6. The van der Waals surface area contributed by atoms with Gasteiger partial charge in [0, 0.05) is 60.8 Å². The number of piperazine rings is 1. The van der Waals surface area contributed by atoms with Gasteiger partial charge >= 0.3 is 31.1 Å². The number of methoxy groups -OCH3 is 1. The average Bonchev–Trinajstić information content (AvgIpc) is 3.90. The number of pyridine rings is 1. The first-order valence-corrected chi connectivity index (χ1v) is 23.8. The molecule has 18 nitrogen and oxygen atoms in total. The maximum absolute atomic E-state index is 16.0. The number of likely N-dealkylation sites (N-methyl/N-ethyl adjacent to an activating group) is 1. The lowest BCUT2D eigenvalue weighted by Crippen LogP contribution is -2.63. The molecule has 4 heterocycles. The van der Waals surface area contributed by atoms with E-state index in [2.05, 4.69) is 48.8 Å². The topological polar surface area (TPSA) is 216 Å². The lowest BCUT2D eigenvalue weighted by molar-refractivity contribution is -0.221. The first kappa shape index (κ1) is 60.0. The van der Waals surface area contributed by atoms with E-state index in [0.717, 1.165) is 38.3 Å². The molecule has 2 unspecified atom stereocenters. The molecule has 78 heavy (non-hydrogen) atoms. The number of hydrogen-bond donors (Lipinski definition) is 6. The van der Waals surface area contributed by atoms with E-state index in [1.54, 1.807) is 12.3 Å². The minimum Gasteiger partial charge on any atom is -0.465 e. The molecule has 4 aromatic rings. The number of alkyl halides is 8. The Hall–Kier alpha value is -7.22. The van der Waals surface area contributed by atoms with Gasteiger partial charge in [-0.3, -0.25) is 19.9 Å². The molecule has 6 N–H and O–H groups in total. The van der Waals surface area contributed by atoms with E-state index >= 15 is 8.78 Å². The number of anilines is 1. The number of hydrazine groups is 1. The lowest BCUT2D eigenvalue weighted by atomic mass is 9.82. The van der Waals surface area contributed by atoms with Crippen molar-refractivity contribution in [3.63, 3.8) is 0 Å². The van der Waals surface area contributed by atoms with E-state index in [1.165, 1.54) is 29.6 Å². The van der Waals surface area contributed by atoms with Crippen molar-refractivity contribution in [1.82, 2.24) is 46.0 Å². The molecule has 0 aliphatic carbocycles. The number of halogens is 10. The van der Waals surface area contributed by atoms with Crippen LogP contribution < -0.4 is 26.3 Å². The van der Waals surface area contributed by atoms with Crippen LogP contribution in [0.15, 0.2) is 67.0 Å². The van der Waals surface area contributed by atoms with Gasteiger partial charge in [-0.2, -0.15) is 40.2 Å². The zero-order chi connectivity index (χ0) is 57.7. The van der Waals surface area contributed by atoms with E-state index < -0.39 is 115 Å². The highest BCUT2D eigenvalue weighted by molar-refractivity contribution is 5.87. The number of fused-ring (bicyclic) bond motifs is 2. The molecule has 2 aromatic carbocycles. The number of morpholine rings is 1. The highest BCUT2D eigenvalue weighted by Gasteiger charge is 2.57. The van der Waals surface area contributed by atoms with Crippen LogP contribution in [-0.2, 0) is 32.0 Å². The Kier molecular flexibility index (Phi) is 18.6. The van der Waals surface area contributed by atoms with E-state index in [0.29, 0.717) is 69.2 Å². The molecule has 6 rings (SSSR count). The standard InChI is InChI=1S/C50H56F10N10O8/c1-47(2,49(55,56)57)40(64-46(76)77-6)42(72)62-37(17-28-10-7-27(8-11-28)9-12-29-13-14-39(61-20-29)68-21-31-25-78-26-32(22-68)67(31)5)38(71)24-69(66-43(73)41(63-45(74)75)48(3,4)50(58,59)60)23-33-34(51)18-30(19-35(33)52)36-15-16-70(65-36)44(53)54/h7-8,10-11,13-16,18-20,31-32,37-38,40-41,44,63,71H,17,21-26H2,1-6H3,(H,62,72)(H,64,76)(H,66,73)(H,74,75)/t31?,32?,37-,38-,40+,41+/m0/s1. The van der Waals surface area contributed by atoms with Crippen molar-refractivity contribution in [3.05, 3.63) is 101 Å². The third kappa shape index (κ3) is 14.3. The molecule has 0 saturated carbocycles. The van der Waals surface area contributed by atoms with E-state index in [4.69, 9.17) is 4.74 Å². The maximum atomic E-state index is 16.0. The van der Waals surface area contributed by atoms with Gasteiger partial charge in [0.05, 0.1) is 61.1 Å². The molecule has 28 heteroatoms. The van der Waals surface area contributed by atoms with Gasteiger partial charge < -0.3 is 40.5 Å². The van der Waals surface area contributed by atoms with Crippen molar-refractivity contribution >= 4 is 29.8 Å². The molecule has 2 aliphatic rings. The van der Waals surface area contributed by atoms with Gasteiger partial charge in [-0.25, -0.2) is 33.0 Å². The van der Waals surface area contributed by atoms with Gasteiger partial charge in [-0.05, 0) is 89.2 Å². The minimum absolute atomic E-state index is 0.185. The van der Waals surface area contributed by atoms with Crippen LogP contribution in [0.25, 0.3) is 11.3 Å². The number of ether oxygens (including phenoxy) is 2. The van der Waals surface area contributed by atoms with Crippen LogP contribution in [0.3, 0.4) is 0 Å². The summed E-state index contributed by atoms with van der Waals surface area (Å²) in [5.74, 6) is 0.501. The quantitative estimate of drug-likeness (QED) is 0.0384. The minimum atomic E-state index is -5.29. The number of hydrogen-bond acceptors (Lipinski definition) is 12. The largest absolute Gasteiger partial charge is 0.465 e. The van der Waals surface area contributed by atoms with Crippen molar-refractivity contribution in [2.45, 2.75) is 95.9 Å². The van der Waals surface area contributed by atoms with Crippen LogP contribution in [0.2, 0.25) is 0 Å². The number of carboxylic acid groups (broad SMARTS) is 1. The molecule has 2 aromatic heterocycles. The second kappa shape index (κ2) is 24.2. The number of rotatable bonds is 18. The summed E-state index contributed by atoms with van der Waals surface area (Å²) in [4.78, 5) is 61.0. The van der Waals surface area contributed by atoms with Gasteiger partial charge in [0.1, 0.15) is 29.5 Å². The molecule has 6 atom stereocenters. The Balaban J connectivity index is 1.33. The molecule has 2 aliphatic heterocycles. The number of aliphatic hydroxyl groups is 1. The summed E-state index contributed by atoms with van der Waals surface area (Å²) in [6.45, 7) is -0.726. The Labute approximate surface area is 440 Å². The summed E-state index contributed by atoms with van der Waals surface area (Å²) in [7, 11) is 2.87. The summed E-state index contributed by atoms with van der Waals surface area (Å²) in [5.41, 5.74) is -4.72. The van der Waals surface area contributed by atoms with Crippen molar-refractivity contribution in [3.8, 4) is 23.1 Å². The SMILES string of the molecule is COC(=O)N[C@H](C(=O)N[C@@H](Cc1ccc(C#Cc2ccc(N3CC4COCC(C3)N4C)nc2)cc1)[C@@H](O)CN(Cc1c(F)cc(-c2ccn(C(F)F)n2)cc1F)NC(=O)[C@@H](NC(=O)O)C(C)(C)C(F)(F)F)C(C)(C)C(F)(F)F. The number of amides is 4. The smallest absolute Gasteiger partial charge is 0.407 e. The molecular formula is C50H56F10N10O8. The molecule has 424 valence electrons. The zero-order valence-corrected chi connectivity index (χ0v) is 42.6. The number of alkyl carbamates (subject to hydrolysis) is 1. The second-order valence-electron chi connectivity index (χ2n) is 19.8. The number of aliphatic hydroxyl groups excluding tert-OH is 1. The summed E-state index contributed by atoms with van der Waals surface area (Å²) in [6.07, 6.45) is -14.3. The normalized spacial score (nSPS) is 17.8. The molecule has 4 amide bonds. The predicted octanol–water partition coefficient (Wildman–Crippen LogP) is 6.00. The van der Waals surface area contributed by atoms with Gasteiger partial charge in [0.2, 0.25) is 5.91 Å². The maximum Gasteiger partial charge on any atom is 0.407 e. The highest BCUT2D eigenvalue weighted by Crippen LogP contribution is 2.42. The van der Waals surface area contributed by atoms with E-state index in [9.17, 15) is 64.5 Å². The van der Waals surface area contributed by atoms with E-state index in [-0.39, 0.29) is 33.6 Å². The number of carbonyl (C=O) groups is 4. The van der Waals surface area contributed by atoms with Crippen LogP contribution in [0.1, 0.15) is 56.5 Å². The molecule has 2 fully saturated rings. The molecule has 2 saturated heterocycles. The Morgan fingerprint density at radius 3 is 1.91 bits per heavy atom. The van der Waals surface area contributed by atoms with Gasteiger partial charge in [0.25, 0.3) is 5.91 Å². The molecular weight excluding hydrogens is 1060 g/mol. The fourth-order valence-corrected chi connectivity index (χ4v) is 8.52. The van der Waals surface area contributed by atoms with Crippen LogP contribution in [-0.4, -0.2) is 155 Å². The van der Waals surface area contributed by atoms with Crippen LogP contribution >= 0.6 is 0 Å². The Bertz CT molecular complexity index is 2800. The number of nitrogens with one attached hydrogen (secondary N) is 4. The van der Waals surface area contributed by atoms with Crippen molar-refractivity contribution in [2.24, 2.45) is 10.8 Å². The number of nitrogens with zero attached hydrogens (tertiary/aromatic N) is 6. The first-order valence-electron chi connectivity index (χ1n) is 23.8. The monoisotopic (exact) mass is 1110 g/mol. The highest BCUT2D eigenvalue weighted by atomic mass is 19.4. The summed E-state index contributed by atoms with van der Waals surface area (Å²) in [5, 5.41) is 31.0.